The fourth-order valence-corrected chi connectivity index (χ4v) is 1.62. The van der Waals surface area contributed by atoms with Crippen LogP contribution in [0.4, 0.5) is 0 Å². The lowest BCUT2D eigenvalue weighted by Gasteiger charge is -2.28. The molecule has 0 aliphatic carbocycles. The van der Waals surface area contributed by atoms with Gasteiger partial charge in [-0.3, -0.25) is 9.59 Å². The number of carboxylic acid groups (broad SMARTS) is 1. The van der Waals surface area contributed by atoms with Gasteiger partial charge in [-0.15, -0.1) is 0 Å². The zero-order valence-electron chi connectivity index (χ0n) is 11.4. The fourth-order valence-electron chi connectivity index (χ4n) is 1.62. The first-order valence-electron chi connectivity index (χ1n) is 6.17. The van der Waals surface area contributed by atoms with Gasteiger partial charge in [0.1, 0.15) is 0 Å². The third kappa shape index (κ3) is 6.56. The molecule has 3 N–H and O–H groups in total. The monoisotopic (exact) mass is 260 g/mol. The van der Waals surface area contributed by atoms with Crippen molar-refractivity contribution >= 4 is 11.9 Å². The van der Waals surface area contributed by atoms with Crippen molar-refractivity contribution < 1.29 is 19.4 Å². The molecule has 0 saturated heterocycles. The van der Waals surface area contributed by atoms with E-state index in [4.69, 9.17) is 15.6 Å². The quantitative estimate of drug-likeness (QED) is 0.587. The molecule has 0 aromatic rings. The Hall–Kier alpha value is -1.14. The van der Waals surface area contributed by atoms with E-state index in [1.54, 1.807) is 7.11 Å². The molecule has 0 spiro atoms. The van der Waals surface area contributed by atoms with E-state index in [0.29, 0.717) is 19.4 Å². The van der Waals surface area contributed by atoms with Gasteiger partial charge in [0.05, 0.1) is 12.5 Å². The van der Waals surface area contributed by atoms with Gasteiger partial charge in [0.25, 0.3) is 0 Å². The number of ether oxygens (including phenoxy) is 1. The first kappa shape index (κ1) is 16.9. The van der Waals surface area contributed by atoms with Crippen molar-refractivity contribution in [2.45, 2.75) is 45.2 Å². The van der Waals surface area contributed by atoms with Crippen molar-refractivity contribution in [1.29, 1.82) is 0 Å². The van der Waals surface area contributed by atoms with Crippen molar-refractivity contribution in [1.82, 2.24) is 4.90 Å². The topological polar surface area (TPSA) is 92.9 Å². The molecule has 0 aromatic carbocycles. The summed E-state index contributed by atoms with van der Waals surface area (Å²) in [5.74, 6) is -1.11. The molecular formula is C12H24N2O4. The number of methoxy groups -OCH3 is 1. The summed E-state index contributed by atoms with van der Waals surface area (Å²) < 4.78 is 4.90. The Morgan fingerprint density at radius 3 is 2.44 bits per heavy atom. The van der Waals surface area contributed by atoms with Crippen molar-refractivity contribution in [2.24, 2.45) is 5.73 Å². The minimum atomic E-state index is -0.915. The first-order chi connectivity index (χ1) is 8.40. The Balaban J connectivity index is 4.31. The Morgan fingerprint density at radius 2 is 2.00 bits per heavy atom. The molecule has 6 nitrogen and oxygen atoms in total. The SMILES string of the molecule is COCCCC(N)C(=O)N(CCC(=O)O)C(C)C. The second-order valence-corrected chi connectivity index (χ2v) is 4.51. The number of carboxylic acids is 1. The average Bonchev–Trinajstić information content (AvgIpc) is 2.28. The van der Waals surface area contributed by atoms with Gasteiger partial charge in [0, 0.05) is 26.3 Å². The van der Waals surface area contributed by atoms with E-state index in [-0.39, 0.29) is 24.9 Å². The largest absolute Gasteiger partial charge is 0.481 e. The van der Waals surface area contributed by atoms with E-state index in [2.05, 4.69) is 0 Å². The Morgan fingerprint density at radius 1 is 1.39 bits per heavy atom. The zero-order chi connectivity index (χ0) is 14.1. The number of carbonyl (C=O) groups excluding carboxylic acids is 1. The van der Waals surface area contributed by atoms with Crippen LogP contribution in [0.2, 0.25) is 0 Å². The first-order valence-corrected chi connectivity index (χ1v) is 6.17. The molecular weight excluding hydrogens is 236 g/mol. The Labute approximate surface area is 108 Å². The average molecular weight is 260 g/mol. The molecule has 0 fully saturated rings. The summed E-state index contributed by atoms with van der Waals surface area (Å²) >= 11 is 0. The summed E-state index contributed by atoms with van der Waals surface area (Å²) in [7, 11) is 1.60. The number of nitrogens with two attached hydrogens (primary N) is 1. The highest BCUT2D eigenvalue weighted by Crippen LogP contribution is 2.06. The maximum Gasteiger partial charge on any atom is 0.305 e. The van der Waals surface area contributed by atoms with E-state index < -0.39 is 12.0 Å². The number of nitrogens with zero attached hydrogens (tertiary/aromatic N) is 1. The van der Waals surface area contributed by atoms with Crippen LogP contribution in [0.1, 0.15) is 33.1 Å². The van der Waals surface area contributed by atoms with Crippen molar-refractivity contribution in [3.63, 3.8) is 0 Å². The summed E-state index contributed by atoms with van der Waals surface area (Å²) in [4.78, 5) is 24.1. The Kier molecular flexibility index (Phi) is 8.32. The maximum atomic E-state index is 12.1. The van der Waals surface area contributed by atoms with Crippen LogP contribution in [0.25, 0.3) is 0 Å². The highest BCUT2D eigenvalue weighted by atomic mass is 16.5. The number of carbonyl (C=O) groups is 2. The molecule has 0 radical (unpaired) electrons. The van der Waals surface area contributed by atoms with Gasteiger partial charge in [-0.1, -0.05) is 0 Å². The molecule has 1 atom stereocenters. The molecule has 0 aliphatic heterocycles. The minimum Gasteiger partial charge on any atom is -0.481 e. The molecule has 18 heavy (non-hydrogen) atoms. The molecule has 0 aromatic heterocycles. The van der Waals surface area contributed by atoms with Gasteiger partial charge < -0.3 is 20.5 Å². The second kappa shape index (κ2) is 8.88. The zero-order valence-corrected chi connectivity index (χ0v) is 11.4. The molecule has 0 bridgehead atoms. The van der Waals surface area contributed by atoms with Gasteiger partial charge in [0.2, 0.25) is 5.91 Å². The van der Waals surface area contributed by atoms with Crippen molar-refractivity contribution in [3.8, 4) is 0 Å². The van der Waals surface area contributed by atoms with Crippen LogP contribution in [-0.4, -0.2) is 54.2 Å². The van der Waals surface area contributed by atoms with Crippen LogP contribution in [0.5, 0.6) is 0 Å². The molecule has 6 heteroatoms. The summed E-state index contributed by atoms with van der Waals surface area (Å²) in [6, 6.07) is -0.637. The van der Waals surface area contributed by atoms with E-state index in [1.807, 2.05) is 13.8 Å². The highest BCUT2D eigenvalue weighted by Gasteiger charge is 2.23. The number of hydrogen-bond donors (Lipinski definition) is 2. The lowest BCUT2D eigenvalue weighted by molar-refractivity contribution is -0.139. The summed E-state index contributed by atoms with van der Waals surface area (Å²) in [6.07, 6.45) is 1.20. The summed E-state index contributed by atoms with van der Waals surface area (Å²) in [5.41, 5.74) is 5.81. The standard InChI is InChI=1S/C12H24N2O4/c1-9(2)14(7-6-11(15)16)12(17)10(13)5-4-8-18-3/h9-10H,4-8,13H2,1-3H3,(H,15,16). The summed E-state index contributed by atoms with van der Waals surface area (Å²) in [6.45, 7) is 4.46. The van der Waals surface area contributed by atoms with Crippen molar-refractivity contribution in [3.05, 3.63) is 0 Å². The maximum absolute atomic E-state index is 12.1. The van der Waals surface area contributed by atoms with E-state index in [1.165, 1.54) is 4.90 Å². The lowest BCUT2D eigenvalue weighted by atomic mass is 10.1. The van der Waals surface area contributed by atoms with Crippen LogP contribution in [0.15, 0.2) is 0 Å². The van der Waals surface area contributed by atoms with Gasteiger partial charge in [0.15, 0.2) is 0 Å². The molecule has 0 rings (SSSR count). The van der Waals surface area contributed by atoms with E-state index in [9.17, 15) is 9.59 Å². The third-order valence-electron chi connectivity index (χ3n) is 2.65. The highest BCUT2D eigenvalue weighted by molar-refractivity contribution is 5.82. The second-order valence-electron chi connectivity index (χ2n) is 4.51. The van der Waals surface area contributed by atoms with Crippen LogP contribution in [0.3, 0.4) is 0 Å². The van der Waals surface area contributed by atoms with Gasteiger partial charge in [-0.25, -0.2) is 0 Å². The number of amides is 1. The molecule has 106 valence electrons. The fraction of sp³-hybridized carbons (Fsp3) is 0.833. The van der Waals surface area contributed by atoms with E-state index in [0.717, 1.165) is 0 Å². The Bertz CT molecular complexity index is 269. The molecule has 0 heterocycles. The van der Waals surface area contributed by atoms with Crippen LogP contribution < -0.4 is 5.73 Å². The van der Waals surface area contributed by atoms with E-state index >= 15 is 0 Å². The lowest BCUT2D eigenvalue weighted by Crippen LogP contribution is -2.47. The predicted molar refractivity (Wildman–Crippen MR) is 68.2 cm³/mol. The van der Waals surface area contributed by atoms with Gasteiger partial charge >= 0.3 is 5.97 Å². The third-order valence-corrected chi connectivity index (χ3v) is 2.65. The number of hydrogen-bond acceptors (Lipinski definition) is 4. The summed E-state index contributed by atoms with van der Waals surface area (Å²) in [5, 5.41) is 8.65. The normalized spacial score (nSPS) is 12.5. The van der Waals surface area contributed by atoms with Crippen LogP contribution in [-0.2, 0) is 14.3 Å². The van der Waals surface area contributed by atoms with Gasteiger partial charge in [-0.2, -0.15) is 0 Å². The van der Waals surface area contributed by atoms with Gasteiger partial charge in [-0.05, 0) is 26.7 Å². The van der Waals surface area contributed by atoms with Crippen LogP contribution in [0, 0.1) is 0 Å². The smallest absolute Gasteiger partial charge is 0.305 e. The molecule has 1 amide bonds. The van der Waals surface area contributed by atoms with Crippen molar-refractivity contribution in [2.75, 3.05) is 20.3 Å². The van der Waals surface area contributed by atoms with Crippen LogP contribution >= 0.6 is 0 Å². The predicted octanol–water partition coefficient (Wildman–Crippen LogP) is 0.452. The number of rotatable bonds is 9. The molecule has 0 saturated carbocycles. The number of aliphatic carboxylic acids is 1. The molecule has 1 unspecified atom stereocenters. The molecule has 0 aliphatic rings. The minimum absolute atomic E-state index is 0.0506.